The van der Waals surface area contributed by atoms with Crippen LogP contribution in [0.3, 0.4) is 0 Å². The number of esters is 1. The lowest BCUT2D eigenvalue weighted by Gasteiger charge is -2.29. The topological polar surface area (TPSA) is 94.1 Å². The van der Waals surface area contributed by atoms with E-state index in [1.807, 2.05) is 18.2 Å². The largest absolute Gasteiger partial charge is 0.465 e. The summed E-state index contributed by atoms with van der Waals surface area (Å²) in [5, 5.41) is 11.8. The van der Waals surface area contributed by atoms with Crippen LogP contribution in [0.2, 0.25) is 0 Å². The number of benzene rings is 1. The van der Waals surface area contributed by atoms with Crippen LogP contribution in [-0.4, -0.2) is 50.1 Å². The van der Waals surface area contributed by atoms with Crippen LogP contribution in [-0.2, 0) is 19.0 Å². The van der Waals surface area contributed by atoms with Crippen molar-refractivity contribution in [2.24, 2.45) is 5.92 Å². The third-order valence-electron chi connectivity index (χ3n) is 5.15. The highest BCUT2D eigenvalue weighted by atomic mass is 16.7. The second-order valence-corrected chi connectivity index (χ2v) is 7.49. The number of rotatable bonds is 10. The summed E-state index contributed by atoms with van der Waals surface area (Å²) in [6, 6.07) is 7.16. The molecule has 2 unspecified atom stereocenters. The van der Waals surface area contributed by atoms with E-state index >= 15 is 0 Å². The lowest BCUT2D eigenvalue weighted by molar-refractivity contribution is -0.146. The monoisotopic (exact) mass is 403 g/mol. The van der Waals surface area contributed by atoms with Gasteiger partial charge in [-0.3, -0.25) is 4.79 Å². The maximum atomic E-state index is 12.6. The van der Waals surface area contributed by atoms with E-state index in [0.717, 1.165) is 24.8 Å². The molecule has 158 valence electrons. The van der Waals surface area contributed by atoms with Crippen LogP contribution >= 0.6 is 0 Å². The normalized spacial score (nSPS) is 21.1. The Balaban J connectivity index is 1.70. The van der Waals surface area contributed by atoms with E-state index in [9.17, 15) is 9.59 Å². The van der Waals surface area contributed by atoms with Crippen molar-refractivity contribution in [1.29, 1.82) is 0 Å². The molecular formula is C22H29NO6. The highest BCUT2D eigenvalue weighted by Gasteiger charge is 2.30. The van der Waals surface area contributed by atoms with Gasteiger partial charge in [-0.25, -0.2) is 4.79 Å². The molecule has 0 saturated heterocycles. The van der Waals surface area contributed by atoms with Crippen LogP contribution in [0.25, 0.3) is 0 Å². The Kier molecular flexibility index (Phi) is 7.66. The van der Waals surface area contributed by atoms with Crippen LogP contribution in [0.1, 0.15) is 53.9 Å². The predicted molar refractivity (Wildman–Crippen MR) is 106 cm³/mol. The van der Waals surface area contributed by atoms with Gasteiger partial charge in [0.05, 0.1) is 19.3 Å². The Bertz CT molecular complexity index is 725. The first kappa shape index (κ1) is 21.3. The lowest BCUT2D eigenvalue weighted by Crippen LogP contribution is -2.34. The molecule has 7 heteroatoms. The summed E-state index contributed by atoms with van der Waals surface area (Å²) in [6.07, 6.45) is 5.56. The zero-order chi connectivity index (χ0) is 20.6. The molecule has 1 aliphatic heterocycles. The number of aliphatic hydroxyl groups excluding tert-OH is 1. The SMILES string of the molecule is COC(=O)c1ccc(C2C=C(C(=O)NCC3CC3)OC(OCCCCO)C2)cc1. The minimum Gasteiger partial charge on any atom is -0.465 e. The molecule has 2 N–H and O–H groups in total. The van der Waals surface area contributed by atoms with Crippen molar-refractivity contribution < 1.29 is 28.9 Å². The van der Waals surface area contributed by atoms with E-state index in [0.29, 0.717) is 37.5 Å². The van der Waals surface area contributed by atoms with Gasteiger partial charge in [-0.05, 0) is 55.4 Å². The van der Waals surface area contributed by atoms with Crippen LogP contribution in [0.5, 0.6) is 0 Å². The third-order valence-corrected chi connectivity index (χ3v) is 5.15. The molecule has 0 spiro atoms. The predicted octanol–water partition coefficient (Wildman–Crippen LogP) is 2.50. The van der Waals surface area contributed by atoms with Gasteiger partial charge in [-0.2, -0.15) is 0 Å². The number of aliphatic hydroxyl groups is 1. The van der Waals surface area contributed by atoms with Crippen molar-refractivity contribution in [2.75, 3.05) is 26.9 Å². The van der Waals surface area contributed by atoms with Crippen LogP contribution in [0.15, 0.2) is 36.1 Å². The molecule has 1 aliphatic carbocycles. The highest BCUT2D eigenvalue weighted by Crippen LogP contribution is 2.32. The van der Waals surface area contributed by atoms with Crippen LogP contribution < -0.4 is 5.32 Å². The summed E-state index contributed by atoms with van der Waals surface area (Å²) in [5.41, 5.74) is 1.45. The highest BCUT2D eigenvalue weighted by molar-refractivity contribution is 5.92. The van der Waals surface area contributed by atoms with Crippen molar-refractivity contribution in [3.63, 3.8) is 0 Å². The average molecular weight is 403 g/mol. The molecule has 3 rings (SSSR count). The maximum absolute atomic E-state index is 12.6. The van der Waals surface area contributed by atoms with E-state index in [4.69, 9.17) is 19.3 Å². The summed E-state index contributed by atoms with van der Waals surface area (Å²) in [7, 11) is 1.35. The molecule has 0 bridgehead atoms. The van der Waals surface area contributed by atoms with Crippen LogP contribution in [0.4, 0.5) is 0 Å². The molecule has 1 amide bonds. The lowest BCUT2D eigenvalue weighted by atomic mass is 9.92. The fourth-order valence-corrected chi connectivity index (χ4v) is 3.21. The first-order valence-electron chi connectivity index (χ1n) is 10.2. The summed E-state index contributed by atoms with van der Waals surface area (Å²) in [5.74, 6) is 0.169. The Labute approximate surface area is 171 Å². The molecule has 1 saturated carbocycles. The molecule has 1 aromatic rings. The Morgan fingerprint density at radius 3 is 2.62 bits per heavy atom. The smallest absolute Gasteiger partial charge is 0.337 e. The fourth-order valence-electron chi connectivity index (χ4n) is 3.21. The molecular weight excluding hydrogens is 374 g/mol. The van der Waals surface area contributed by atoms with Crippen molar-refractivity contribution in [2.45, 2.75) is 44.3 Å². The number of methoxy groups -OCH3 is 1. The van der Waals surface area contributed by atoms with Crippen molar-refractivity contribution in [3.05, 3.63) is 47.2 Å². The summed E-state index contributed by atoms with van der Waals surface area (Å²) in [4.78, 5) is 24.2. The first-order chi connectivity index (χ1) is 14.1. The van der Waals surface area contributed by atoms with Crippen molar-refractivity contribution in [1.82, 2.24) is 5.32 Å². The fraction of sp³-hybridized carbons (Fsp3) is 0.545. The van der Waals surface area contributed by atoms with Crippen molar-refractivity contribution in [3.8, 4) is 0 Å². The third kappa shape index (κ3) is 6.30. The van der Waals surface area contributed by atoms with Gasteiger partial charge in [0.2, 0.25) is 6.29 Å². The number of hydrogen-bond acceptors (Lipinski definition) is 6. The van der Waals surface area contributed by atoms with Gasteiger partial charge in [0.15, 0.2) is 5.76 Å². The first-order valence-corrected chi connectivity index (χ1v) is 10.2. The van der Waals surface area contributed by atoms with E-state index in [1.165, 1.54) is 7.11 Å². The number of ether oxygens (including phenoxy) is 3. The molecule has 1 aromatic carbocycles. The number of unbranched alkanes of at least 4 members (excludes halogenated alkanes) is 1. The number of amides is 1. The molecule has 29 heavy (non-hydrogen) atoms. The standard InChI is InChI=1S/C22H29NO6/c1-27-22(26)17-8-6-16(7-9-17)18-12-19(21(25)23-14-15-4-5-15)29-20(13-18)28-11-3-2-10-24/h6-9,12,15,18,20,24H,2-5,10-11,13-14H2,1H3,(H,23,25). The van der Waals surface area contributed by atoms with E-state index in [-0.39, 0.29) is 30.2 Å². The van der Waals surface area contributed by atoms with Gasteiger partial charge in [0.25, 0.3) is 5.91 Å². The van der Waals surface area contributed by atoms with Crippen molar-refractivity contribution >= 4 is 11.9 Å². The molecule has 0 aromatic heterocycles. The minimum absolute atomic E-state index is 0.0695. The summed E-state index contributed by atoms with van der Waals surface area (Å²) in [6.45, 7) is 1.25. The van der Waals surface area contributed by atoms with Crippen LogP contribution in [0, 0.1) is 5.92 Å². The zero-order valence-corrected chi connectivity index (χ0v) is 16.8. The number of nitrogens with one attached hydrogen (secondary N) is 1. The molecule has 7 nitrogen and oxygen atoms in total. The van der Waals surface area contributed by atoms with Gasteiger partial charge in [0, 0.05) is 25.5 Å². The van der Waals surface area contributed by atoms with E-state index < -0.39 is 6.29 Å². The average Bonchev–Trinajstić information content (AvgIpc) is 3.59. The molecule has 1 heterocycles. The number of hydrogen-bond donors (Lipinski definition) is 2. The zero-order valence-electron chi connectivity index (χ0n) is 16.8. The van der Waals surface area contributed by atoms with E-state index in [2.05, 4.69) is 5.32 Å². The number of carbonyl (C=O) groups excluding carboxylic acids is 2. The molecule has 2 aliphatic rings. The van der Waals surface area contributed by atoms with Gasteiger partial charge >= 0.3 is 5.97 Å². The second kappa shape index (κ2) is 10.4. The number of carbonyl (C=O) groups is 2. The van der Waals surface area contributed by atoms with E-state index in [1.54, 1.807) is 12.1 Å². The van der Waals surface area contributed by atoms with Gasteiger partial charge in [0.1, 0.15) is 0 Å². The van der Waals surface area contributed by atoms with Gasteiger partial charge in [-0.1, -0.05) is 12.1 Å². The Morgan fingerprint density at radius 2 is 1.97 bits per heavy atom. The minimum atomic E-state index is -0.536. The quantitative estimate of drug-likeness (QED) is 0.461. The molecule has 1 fully saturated rings. The second-order valence-electron chi connectivity index (χ2n) is 7.49. The van der Waals surface area contributed by atoms with Gasteiger partial charge < -0.3 is 24.6 Å². The number of allylic oxidation sites excluding steroid dienone is 1. The Hall–Kier alpha value is -2.38. The molecule has 0 radical (unpaired) electrons. The summed E-state index contributed by atoms with van der Waals surface area (Å²) >= 11 is 0. The summed E-state index contributed by atoms with van der Waals surface area (Å²) < 4.78 is 16.3. The maximum Gasteiger partial charge on any atom is 0.337 e. The molecule has 2 atom stereocenters. The van der Waals surface area contributed by atoms with Gasteiger partial charge in [-0.15, -0.1) is 0 Å². The Morgan fingerprint density at radius 1 is 1.21 bits per heavy atom.